The van der Waals surface area contributed by atoms with E-state index in [4.69, 9.17) is 0 Å². The van der Waals surface area contributed by atoms with Gasteiger partial charge >= 0.3 is 0 Å². The van der Waals surface area contributed by atoms with Crippen molar-refractivity contribution in [2.75, 3.05) is 6.54 Å². The smallest absolute Gasteiger partial charge is 0.259 e. The Labute approximate surface area is 208 Å². The second-order valence-electron chi connectivity index (χ2n) is 7.18. The minimum atomic E-state index is -0.477. The van der Waals surface area contributed by atoms with Gasteiger partial charge in [-0.3, -0.25) is 9.59 Å². The molecule has 0 aliphatic heterocycles. The van der Waals surface area contributed by atoms with Crippen LogP contribution in [-0.2, 0) is 4.79 Å². The Kier molecular flexibility index (Phi) is 7.43. The lowest BCUT2D eigenvalue weighted by Gasteiger charge is -2.05. The Hall–Kier alpha value is -3.86. The van der Waals surface area contributed by atoms with Gasteiger partial charge in [0.15, 0.2) is 0 Å². The predicted molar refractivity (Wildman–Crippen MR) is 136 cm³/mol. The van der Waals surface area contributed by atoms with Gasteiger partial charge in [-0.15, -0.1) is 0 Å². The van der Waals surface area contributed by atoms with Gasteiger partial charge in [-0.1, -0.05) is 30.3 Å². The first-order valence-corrected chi connectivity index (χ1v) is 11.3. The summed E-state index contributed by atoms with van der Waals surface area (Å²) in [5.74, 6) is -1.16. The molecule has 1 aromatic heterocycles. The minimum Gasteiger partial charge on any atom is -0.343 e. The highest BCUT2D eigenvalue weighted by Gasteiger charge is 2.13. The molecule has 4 aromatic rings. The molecule has 0 atom stereocenters. The predicted octanol–water partition coefficient (Wildman–Crippen LogP) is 4.16. The van der Waals surface area contributed by atoms with Crippen LogP contribution in [0.4, 0.5) is 4.39 Å². The standard InChI is InChI=1S/C25H19FIN5O2/c26-19-12-10-17(11-13-19)24-18(16-32(31-24)20-6-2-1-3-7-20)14-29-30-23(33)15-28-25(34)21-8-4-5-9-22(21)27/h1-14,16H,15H2,(H,28,34)(H,30,33)/b29-14-. The maximum atomic E-state index is 13.4. The van der Waals surface area contributed by atoms with Crippen molar-refractivity contribution >= 4 is 40.6 Å². The Morgan fingerprint density at radius 3 is 2.44 bits per heavy atom. The topological polar surface area (TPSA) is 88.4 Å². The third-order valence-corrected chi connectivity index (χ3v) is 5.74. The SMILES string of the molecule is O=C(CNC(=O)c1ccccc1I)N/N=C\c1cn(-c2ccccc2)nc1-c1ccc(F)cc1. The molecule has 2 amide bonds. The first-order chi connectivity index (χ1) is 16.5. The fourth-order valence-electron chi connectivity index (χ4n) is 3.14. The normalized spacial score (nSPS) is 10.9. The van der Waals surface area contributed by atoms with E-state index in [0.29, 0.717) is 22.4 Å². The molecule has 0 aliphatic carbocycles. The van der Waals surface area contributed by atoms with Crippen LogP contribution < -0.4 is 10.7 Å². The highest BCUT2D eigenvalue weighted by atomic mass is 127. The van der Waals surface area contributed by atoms with Crippen LogP contribution >= 0.6 is 22.6 Å². The number of carbonyl (C=O) groups excluding carboxylic acids is 2. The number of para-hydroxylation sites is 1. The van der Waals surface area contributed by atoms with Crippen LogP contribution in [0.15, 0.2) is 90.2 Å². The zero-order chi connectivity index (χ0) is 23.9. The Bertz CT molecular complexity index is 1340. The summed E-state index contributed by atoms with van der Waals surface area (Å²) in [7, 11) is 0. The lowest BCUT2D eigenvalue weighted by molar-refractivity contribution is -0.120. The molecule has 2 N–H and O–H groups in total. The quantitative estimate of drug-likeness (QED) is 0.200. The molecule has 9 heteroatoms. The summed E-state index contributed by atoms with van der Waals surface area (Å²) in [4.78, 5) is 24.4. The Balaban J connectivity index is 1.46. The van der Waals surface area contributed by atoms with Gasteiger partial charge in [-0.05, 0) is 71.1 Å². The van der Waals surface area contributed by atoms with Crippen LogP contribution in [0.5, 0.6) is 0 Å². The minimum absolute atomic E-state index is 0.227. The molecule has 0 saturated heterocycles. The van der Waals surface area contributed by atoms with Crippen LogP contribution in [0.3, 0.4) is 0 Å². The van der Waals surface area contributed by atoms with E-state index in [1.807, 2.05) is 42.5 Å². The van der Waals surface area contributed by atoms with Crippen molar-refractivity contribution in [1.29, 1.82) is 0 Å². The largest absolute Gasteiger partial charge is 0.343 e. The summed E-state index contributed by atoms with van der Waals surface area (Å²) >= 11 is 2.06. The Morgan fingerprint density at radius 1 is 1.00 bits per heavy atom. The van der Waals surface area contributed by atoms with Gasteiger partial charge in [0.25, 0.3) is 11.8 Å². The number of benzene rings is 3. The number of nitrogens with zero attached hydrogens (tertiary/aromatic N) is 3. The molecule has 0 bridgehead atoms. The maximum absolute atomic E-state index is 13.4. The third kappa shape index (κ3) is 5.73. The van der Waals surface area contributed by atoms with Gasteiger partial charge in [0.2, 0.25) is 0 Å². The molecule has 0 spiro atoms. The van der Waals surface area contributed by atoms with Crippen LogP contribution in [-0.4, -0.2) is 34.4 Å². The number of rotatable bonds is 7. The molecule has 0 saturated carbocycles. The van der Waals surface area contributed by atoms with Crippen LogP contribution in [0.2, 0.25) is 0 Å². The van der Waals surface area contributed by atoms with Crippen molar-refractivity contribution in [2.45, 2.75) is 0 Å². The van der Waals surface area contributed by atoms with Crippen LogP contribution in [0.25, 0.3) is 16.9 Å². The molecular formula is C25H19FIN5O2. The van der Waals surface area contributed by atoms with E-state index >= 15 is 0 Å². The van der Waals surface area contributed by atoms with Crippen molar-refractivity contribution < 1.29 is 14.0 Å². The van der Waals surface area contributed by atoms with Gasteiger partial charge in [0.05, 0.1) is 24.0 Å². The van der Waals surface area contributed by atoms with Gasteiger partial charge in [-0.25, -0.2) is 14.5 Å². The number of hydrogen-bond acceptors (Lipinski definition) is 4. The van der Waals surface area contributed by atoms with Crippen molar-refractivity contribution in [3.8, 4) is 16.9 Å². The molecular weight excluding hydrogens is 548 g/mol. The van der Waals surface area contributed by atoms with E-state index in [1.54, 1.807) is 35.1 Å². The van der Waals surface area contributed by atoms with E-state index < -0.39 is 5.91 Å². The van der Waals surface area contributed by atoms with E-state index in [0.717, 1.165) is 9.26 Å². The maximum Gasteiger partial charge on any atom is 0.259 e. The number of hydrogen-bond donors (Lipinski definition) is 2. The van der Waals surface area contributed by atoms with E-state index in [-0.39, 0.29) is 18.3 Å². The molecule has 0 unspecified atom stereocenters. The number of hydrazone groups is 1. The van der Waals surface area contributed by atoms with Crippen LogP contribution in [0, 0.1) is 9.39 Å². The van der Waals surface area contributed by atoms with Crippen LogP contribution in [0.1, 0.15) is 15.9 Å². The third-order valence-electron chi connectivity index (χ3n) is 4.80. The molecule has 0 fully saturated rings. The Morgan fingerprint density at radius 2 is 1.71 bits per heavy atom. The van der Waals surface area contributed by atoms with Crippen molar-refractivity contribution in [2.24, 2.45) is 5.10 Å². The van der Waals surface area contributed by atoms with E-state index in [2.05, 4.69) is 43.5 Å². The lowest BCUT2D eigenvalue weighted by Crippen LogP contribution is -2.35. The number of nitrogens with one attached hydrogen (secondary N) is 2. The zero-order valence-electron chi connectivity index (χ0n) is 17.8. The second-order valence-corrected chi connectivity index (χ2v) is 8.34. The van der Waals surface area contributed by atoms with E-state index in [1.165, 1.54) is 18.3 Å². The summed E-state index contributed by atoms with van der Waals surface area (Å²) in [5, 5.41) is 11.2. The molecule has 0 radical (unpaired) electrons. The monoisotopic (exact) mass is 567 g/mol. The summed E-state index contributed by atoms with van der Waals surface area (Å²) in [6.45, 7) is -0.227. The summed E-state index contributed by atoms with van der Waals surface area (Å²) in [5.41, 5.74) is 5.65. The fraction of sp³-hybridized carbons (Fsp3) is 0.0400. The lowest BCUT2D eigenvalue weighted by atomic mass is 10.1. The van der Waals surface area contributed by atoms with E-state index in [9.17, 15) is 14.0 Å². The number of aromatic nitrogens is 2. The van der Waals surface area contributed by atoms with Gasteiger partial charge in [0, 0.05) is 20.9 Å². The average Bonchev–Trinajstić information content (AvgIpc) is 3.28. The average molecular weight is 567 g/mol. The number of amides is 2. The first kappa shape index (κ1) is 23.3. The summed E-state index contributed by atoms with van der Waals surface area (Å²) < 4.78 is 15.9. The highest BCUT2D eigenvalue weighted by Crippen LogP contribution is 2.23. The van der Waals surface area contributed by atoms with Gasteiger partial charge < -0.3 is 5.32 Å². The second kappa shape index (κ2) is 10.8. The molecule has 0 aliphatic rings. The van der Waals surface area contributed by atoms with Crippen molar-refractivity contribution in [1.82, 2.24) is 20.5 Å². The van der Waals surface area contributed by atoms with Crippen molar-refractivity contribution in [3.63, 3.8) is 0 Å². The summed E-state index contributed by atoms with van der Waals surface area (Å²) in [6, 6.07) is 22.6. The highest BCUT2D eigenvalue weighted by molar-refractivity contribution is 14.1. The van der Waals surface area contributed by atoms with Crippen molar-refractivity contribution in [3.05, 3.63) is 106 Å². The number of halogens is 2. The number of carbonyl (C=O) groups is 2. The molecule has 3 aromatic carbocycles. The molecule has 7 nitrogen and oxygen atoms in total. The molecule has 170 valence electrons. The molecule has 4 rings (SSSR count). The summed E-state index contributed by atoms with van der Waals surface area (Å²) in [6.07, 6.45) is 3.23. The van der Waals surface area contributed by atoms with Gasteiger partial charge in [0.1, 0.15) is 11.5 Å². The fourth-order valence-corrected chi connectivity index (χ4v) is 3.77. The molecule has 34 heavy (non-hydrogen) atoms. The van der Waals surface area contributed by atoms with Gasteiger partial charge in [-0.2, -0.15) is 10.2 Å². The molecule has 1 heterocycles. The zero-order valence-corrected chi connectivity index (χ0v) is 19.9. The first-order valence-electron chi connectivity index (χ1n) is 10.3.